The normalized spacial score (nSPS) is 20.6. The van der Waals surface area contributed by atoms with Crippen LogP contribution in [0.2, 0.25) is 0 Å². The summed E-state index contributed by atoms with van der Waals surface area (Å²) >= 11 is 0. The van der Waals surface area contributed by atoms with Crippen molar-refractivity contribution in [3.63, 3.8) is 0 Å². The second-order valence-corrected chi connectivity index (χ2v) is 18.8. The maximum Gasteiger partial charge on any atom is 0.243 e. The molecule has 0 spiro atoms. The van der Waals surface area contributed by atoms with E-state index in [4.69, 9.17) is 28.7 Å². The second kappa shape index (κ2) is 32.0. The number of carbonyl (C=O) groups excluding carboxylic acids is 10. The number of rotatable bonds is 20. The first-order chi connectivity index (χ1) is 37.2. The first-order valence-electron chi connectivity index (χ1n) is 25.8. The molecule has 1 saturated heterocycles. The van der Waals surface area contributed by atoms with Crippen molar-refractivity contribution < 1.29 is 47.9 Å². The van der Waals surface area contributed by atoms with Crippen LogP contribution in [-0.2, 0) is 60.8 Å². The zero-order chi connectivity index (χ0) is 57.1. The average Bonchev–Trinajstić information content (AvgIpc) is 3.80. The van der Waals surface area contributed by atoms with Crippen LogP contribution in [-0.4, -0.2) is 144 Å². The summed E-state index contributed by atoms with van der Waals surface area (Å²) in [5, 5.41) is 24.8. The molecule has 27 nitrogen and oxygen atoms in total. The molecule has 1 fully saturated rings. The fourth-order valence-electron chi connectivity index (χ4n) is 8.50. The molecule has 78 heavy (non-hydrogen) atoms. The number of hydrogen-bond donors (Lipinski definition) is 15. The van der Waals surface area contributed by atoms with Crippen LogP contribution in [0.1, 0.15) is 89.2 Å². The van der Waals surface area contributed by atoms with Crippen molar-refractivity contribution in [2.45, 2.75) is 133 Å². The second-order valence-electron chi connectivity index (χ2n) is 18.8. The molecule has 1 aromatic heterocycles. The molecule has 3 unspecified atom stereocenters. The Hall–Kier alpha value is -8.78. The van der Waals surface area contributed by atoms with Crippen molar-refractivity contribution in [1.82, 2.24) is 52.8 Å². The van der Waals surface area contributed by atoms with Gasteiger partial charge in [0, 0.05) is 76.4 Å². The van der Waals surface area contributed by atoms with Crippen LogP contribution in [0.5, 0.6) is 0 Å². The Morgan fingerprint density at radius 3 is 1.87 bits per heavy atom. The van der Waals surface area contributed by atoms with Gasteiger partial charge in [-0.2, -0.15) is 0 Å². The lowest BCUT2D eigenvalue weighted by molar-refractivity contribution is -0.136. The van der Waals surface area contributed by atoms with Gasteiger partial charge in [0.1, 0.15) is 42.3 Å². The number of fused-ring (bicyclic) bond motifs is 1. The Morgan fingerprint density at radius 1 is 0.654 bits per heavy atom. The summed E-state index contributed by atoms with van der Waals surface area (Å²) < 4.78 is 0. The Morgan fingerprint density at radius 2 is 1.23 bits per heavy atom. The number of H-pyrrole nitrogens is 1. The van der Waals surface area contributed by atoms with Crippen LogP contribution < -0.4 is 76.5 Å². The molecule has 0 radical (unpaired) electrons. The highest BCUT2D eigenvalue weighted by Gasteiger charge is 2.35. The van der Waals surface area contributed by atoms with Gasteiger partial charge in [0.25, 0.3) is 0 Å². The number of hydrogen-bond acceptors (Lipinski definition) is 12. The number of nitrogens with zero attached hydrogens (tertiary/aromatic N) is 2. The number of nitrogens with two attached hydrogens (primary N) is 5. The average molecular weight is 1090 g/mol. The predicted octanol–water partition coefficient (Wildman–Crippen LogP) is -3.43. The van der Waals surface area contributed by atoms with Crippen molar-refractivity contribution in [3.05, 3.63) is 71.9 Å². The lowest BCUT2D eigenvalue weighted by Gasteiger charge is -2.28. The van der Waals surface area contributed by atoms with Gasteiger partial charge in [0.2, 0.25) is 59.1 Å². The summed E-state index contributed by atoms with van der Waals surface area (Å²) in [6.45, 7) is 2.70. The fraction of sp³-hybridized carbons (Fsp3) is 0.490. The minimum absolute atomic E-state index is 0.0282. The molecule has 0 bridgehead atoms. The monoisotopic (exact) mass is 1090 g/mol. The zero-order valence-corrected chi connectivity index (χ0v) is 44.0. The van der Waals surface area contributed by atoms with Gasteiger partial charge in [-0.3, -0.25) is 57.9 Å². The topological polar surface area (TPSA) is 450 Å². The Bertz CT molecular complexity index is 2620. The molecule has 20 N–H and O–H groups in total. The van der Waals surface area contributed by atoms with Gasteiger partial charge in [-0.15, -0.1) is 0 Å². The first kappa shape index (κ1) is 61.8. The number of aromatic nitrogens is 1. The molecule has 3 aromatic rings. The maximum atomic E-state index is 14.7. The van der Waals surface area contributed by atoms with Crippen LogP contribution in [0, 0.1) is 0 Å². The lowest BCUT2D eigenvalue weighted by Crippen LogP contribution is -2.60. The summed E-state index contributed by atoms with van der Waals surface area (Å²) in [4.78, 5) is 148. The quantitative estimate of drug-likeness (QED) is 0.0298. The molecule has 10 amide bonds. The van der Waals surface area contributed by atoms with Crippen molar-refractivity contribution in [2.75, 3.05) is 26.2 Å². The van der Waals surface area contributed by atoms with E-state index in [0.717, 1.165) is 10.9 Å². The summed E-state index contributed by atoms with van der Waals surface area (Å²) in [5.74, 6) is -7.85. The third kappa shape index (κ3) is 21.8. The highest BCUT2D eigenvalue weighted by Crippen LogP contribution is 2.20. The van der Waals surface area contributed by atoms with Gasteiger partial charge in [0.15, 0.2) is 11.9 Å². The smallest absolute Gasteiger partial charge is 0.243 e. The maximum absolute atomic E-state index is 14.7. The van der Waals surface area contributed by atoms with Crippen LogP contribution in [0.3, 0.4) is 0 Å². The molecule has 0 saturated carbocycles. The molecular formula is C51H75N17O10. The van der Waals surface area contributed by atoms with E-state index in [1.807, 2.05) is 18.2 Å². The molecule has 1 aliphatic rings. The van der Waals surface area contributed by atoms with Crippen molar-refractivity contribution >= 4 is 81.9 Å². The highest BCUT2D eigenvalue weighted by atomic mass is 16.2. The van der Waals surface area contributed by atoms with E-state index >= 15 is 0 Å². The number of carbonyl (C=O) groups is 10. The van der Waals surface area contributed by atoms with Crippen molar-refractivity contribution in [3.8, 4) is 0 Å². The van der Waals surface area contributed by atoms with Crippen LogP contribution in [0.25, 0.3) is 10.9 Å². The molecule has 7 atom stereocenters. The van der Waals surface area contributed by atoms with E-state index in [1.165, 1.54) is 13.8 Å². The van der Waals surface area contributed by atoms with E-state index in [-0.39, 0.29) is 121 Å². The summed E-state index contributed by atoms with van der Waals surface area (Å²) in [7, 11) is 0. The number of benzene rings is 2. The van der Waals surface area contributed by atoms with Crippen LogP contribution >= 0.6 is 0 Å². The van der Waals surface area contributed by atoms with Gasteiger partial charge in [-0.1, -0.05) is 48.5 Å². The molecule has 27 heteroatoms. The van der Waals surface area contributed by atoms with E-state index in [0.29, 0.717) is 11.1 Å². The largest absolute Gasteiger partial charge is 0.370 e. The van der Waals surface area contributed by atoms with Crippen molar-refractivity contribution in [2.24, 2.45) is 38.7 Å². The van der Waals surface area contributed by atoms with Gasteiger partial charge in [-0.25, -0.2) is 0 Å². The number of para-hydroxylation sites is 1. The molecule has 424 valence electrons. The fourth-order valence-corrected chi connectivity index (χ4v) is 8.50. The standard InChI is InChI=1S/C51H75N17O10/c1-29(69)57-22-9-18-37-45(74)67-40(26-31-12-4-3-5-13-31)48(77)65-38(19-11-25-60-51(55)56)46(75)68-41(27-32-28-61-34-15-7-6-14-33(32)34)49(78)63-35(43(52)72)16-8-23-58-42(71)21-20-39(47(76)64-37)66-44(73)36(62-30(2)70)17-10-24-59-50(53)54/h3-7,12-15,28,35-41,61H,8-11,16-27H2,1-2H3,(H2,52,72)(H,57,69)(H,58,71)(H,62,70)(H,63,78)(H,64,76)(H,65,77)(H,66,73)(H,67,74)(H,68,75)(H4,53,54,59)(H4,55,56,60)/t35?,36-,37?,38-,39-,40?,41-/m0/s1. The van der Waals surface area contributed by atoms with Crippen molar-refractivity contribution in [1.29, 1.82) is 0 Å². The highest BCUT2D eigenvalue weighted by molar-refractivity contribution is 5.98. The van der Waals surface area contributed by atoms with E-state index in [2.05, 4.69) is 62.8 Å². The third-order valence-electron chi connectivity index (χ3n) is 12.5. The Kier molecular flexibility index (Phi) is 25.3. The minimum atomic E-state index is -1.50. The number of guanidine groups is 2. The number of amides is 10. The predicted molar refractivity (Wildman–Crippen MR) is 290 cm³/mol. The number of nitrogens with one attached hydrogen (secondary N) is 10. The molecule has 0 aliphatic carbocycles. The minimum Gasteiger partial charge on any atom is -0.370 e. The Labute approximate surface area is 451 Å². The van der Waals surface area contributed by atoms with Crippen LogP contribution in [0.4, 0.5) is 0 Å². The molecule has 1 aliphatic heterocycles. The summed E-state index contributed by atoms with van der Waals surface area (Å²) in [6.07, 6.45) is 1.20. The molecule has 4 rings (SSSR count). The number of aromatic amines is 1. The molecule has 2 aromatic carbocycles. The van der Waals surface area contributed by atoms with Gasteiger partial charge in [-0.05, 0) is 75.0 Å². The number of primary amides is 1. The van der Waals surface area contributed by atoms with Gasteiger partial charge < -0.3 is 81.5 Å². The third-order valence-corrected chi connectivity index (χ3v) is 12.5. The van der Waals surface area contributed by atoms with Gasteiger partial charge in [0.05, 0.1) is 0 Å². The zero-order valence-electron chi connectivity index (χ0n) is 44.0. The molecule has 2 heterocycles. The summed E-state index contributed by atoms with van der Waals surface area (Å²) in [6, 6.07) is 6.31. The van der Waals surface area contributed by atoms with Gasteiger partial charge >= 0.3 is 0 Å². The lowest BCUT2D eigenvalue weighted by atomic mass is 10.0. The van der Waals surface area contributed by atoms with E-state index < -0.39 is 95.5 Å². The van der Waals surface area contributed by atoms with E-state index in [9.17, 15) is 47.9 Å². The van der Waals surface area contributed by atoms with E-state index in [1.54, 1.807) is 42.6 Å². The Balaban J connectivity index is 1.80. The first-order valence-corrected chi connectivity index (χ1v) is 25.8. The number of aliphatic imine (C=N–C) groups is 2. The summed E-state index contributed by atoms with van der Waals surface area (Å²) in [5.41, 5.74) is 29.8. The molecular weight excluding hydrogens is 1010 g/mol. The SMILES string of the molecule is CC(=O)NCCCC1NC(=O)[C@@H](NC(=O)[C@H](CCCN=C(N)N)NC(C)=O)CCC(=O)NCCCC(C(N)=O)NC(=O)[C@H](Cc2c[nH]c3ccccc23)NC(=O)[C@H](CCCN=C(N)N)NC(=O)C(Cc2ccccc2)NC1=O. The van der Waals surface area contributed by atoms with Crippen LogP contribution in [0.15, 0.2) is 70.8 Å².